The molecule has 0 aliphatic carbocycles. The third kappa shape index (κ3) is 6.06. The molecule has 30 heavy (non-hydrogen) atoms. The van der Waals surface area contributed by atoms with Gasteiger partial charge in [-0.15, -0.1) is 0 Å². The van der Waals surface area contributed by atoms with Crippen LogP contribution >= 0.6 is 11.6 Å². The minimum Gasteiger partial charge on any atom is -0.356 e. The lowest BCUT2D eigenvalue weighted by molar-refractivity contribution is -0.131. The van der Waals surface area contributed by atoms with E-state index in [0.29, 0.717) is 37.6 Å². The largest absolute Gasteiger partial charge is 0.356 e. The number of halogens is 1. The van der Waals surface area contributed by atoms with Crippen molar-refractivity contribution in [3.8, 4) is 0 Å². The van der Waals surface area contributed by atoms with Gasteiger partial charge in [0.2, 0.25) is 11.9 Å². The Kier molecular flexibility index (Phi) is 7.84. The molecule has 9 heteroatoms. The zero-order chi connectivity index (χ0) is 21.3. The molecule has 0 atom stereocenters. The Balaban J connectivity index is 1.41. The third-order valence-electron chi connectivity index (χ3n) is 4.97. The Labute approximate surface area is 182 Å². The Morgan fingerprint density at radius 1 is 1.20 bits per heavy atom. The number of carbonyl (C=O) groups excluding carboxylic acids is 1. The van der Waals surface area contributed by atoms with E-state index in [0.717, 1.165) is 30.6 Å². The predicted octanol–water partition coefficient (Wildman–Crippen LogP) is 1.88. The molecule has 0 unspecified atom stereocenters. The van der Waals surface area contributed by atoms with E-state index < -0.39 is 0 Å². The standard InChI is InChI=1S/C21H28ClN7O/c1-23-20(27(2)16-17-5-3-6-18(22)15-17)26-10-7-19(30)28-11-13-29(14-12-28)21-24-8-4-9-25-21/h3-6,8-9,15H,7,10-14,16H2,1-2H3,(H,23,26). The molecule has 0 spiro atoms. The molecule has 2 heterocycles. The van der Waals surface area contributed by atoms with Crippen molar-refractivity contribution in [2.75, 3.05) is 51.7 Å². The van der Waals surface area contributed by atoms with Gasteiger partial charge in [0.05, 0.1) is 0 Å². The van der Waals surface area contributed by atoms with E-state index in [-0.39, 0.29) is 5.91 Å². The molecule has 3 rings (SSSR count). The number of benzene rings is 1. The van der Waals surface area contributed by atoms with Gasteiger partial charge in [-0.3, -0.25) is 9.79 Å². The highest BCUT2D eigenvalue weighted by Gasteiger charge is 2.22. The van der Waals surface area contributed by atoms with E-state index >= 15 is 0 Å². The molecule has 1 aliphatic rings. The van der Waals surface area contributed by atoms with Gasteiger partial charge in [0.25, 0.3) is 0 Å². The van der Waals surface area contributed by atoms with Gasteiger partial charge in [-0.25, -0.2) is 9.97 Å². The van der Waals surface area contributed by atoms with Gasteiger partial charge in [0.1, 0.15) is 0 Å². The van der Waals surface area contributed by atoms with E-state index in [2.05, 4.69) is 25.2 Å². The topological polar surface area (TPSA) is 77.0 Å². The van der Waals surface area contributed by atoms with Crippen LogP contribution in [-0.2, 0) is 11.3 Å². The van der Waals surface area contributed by atoms with Gasteiger partial charge in [0, 0.05) is 77.2 Å². The second-order valence-corrected chi connectivity index (χ2v) is 7.56. The first-order valence-electron chi connectivity index (χ1n) is 10.0. The number of guanidine groups is 1. The summed E-state index contributed by atoms with van der Waals surface area (Å²) in [5.74, 6) is 1.61. The number of aromatic nitrogens is 2. The summed E-state index contributed by atoms with van der Waals surface area (Å²) in [6.07, 6.45) is 3.90. The molecule has 1 amide bonds. The molecule has 1 aromatic heterocycles. The fourth-order valence-corrected chi connectivity index (χ4v) is 3.63. The van der Waals surface area contributed by atoms with E-state index in [9.17, 15) is 4.79 Å². The van der Waals surface area contributed by atoms with Gasteiger partial charge in [-0.05, 0) is 23.8 Å². The number of hydrogen-bond donors (Lipinski definition) is 1. The highest BCUT2D eigenvalue weighted by molar-refractivity contribution is 6.30. The molecule has 0 bridgehead atoms. The smallest absolute Gasteiger partial charge is 0.225 e. The minimum atomic E-state index is 0.143. The molecular weight excluding hydrogens is 402 g/mol. The summed E-state index contributed by atoms with van der Waals surface area (Å²) < 4.78 is 0. The van der Waals surface area contributed by atoms with E-state index in [4.69, 9.17) is 11.6 Å². The fourth-order valence-electron chi connectivity index (χ4n) is 3.42. The van der Waals surface area contributed by atoms with Crippen molar-refractivity contribution in [2.24, 2.45) is 4.99 Å². The van der Waals surface area contributed by atoms with Crippen LogP contribution in [-0.4, -0.2) is 78.5 Å². The van der Waals surface area contributed by atoms with Crippen molar-refractivity contribution < 1.29 is 4.79 Å². The number of amides is 1. The Hall–Kier alpha value is -2.87. The summed E-state index contributed by atoms with van der Waals surface area (Å²) in [5.41, 5.74) is 1.10. The zero-order valence-corrected chi connectivity index (χ0v) is 18.2. The summed E-state index contributed by atoms with van der Waals surface area (Å²) >= 11 is 6.06. The molecule has 8 nitrogen and oxygen atoms in total. The maximum absolute atomic E-state index is 12.6. The SMILES string of the molecule is CN=C(NCCC(=O)N1CCN(c2ncccn2)CC1)N(C)Cc1cccc(Cl)c1. The highest BCUT2D eigenvalue weighted by Crippen LogP contribution is 2.12. The Morgan fingerprint density at radius 2 is 1.93 bits per heavy atom. The molecule has 1 aromatic carbocycles. The fraction of sp³-hybridized carbons (Fsp3) is 0.429. The monoisotopic (exact) mass is 429 g/mol. The van der Waals surface area contributed by atoms with E-state index in [1.165, 1.54) is 0 Å². The summed E-state index contributed by atoms with van der Waals surface area (Å²) in [7, 11) is 3.70. The molecule has 160 valence electrons. The van der Waals surface area contributed by atoms with E-state index in [1.807, 2.05) is 41.1 Å². The molecule has 1 saturated heterocycles. The van der Waals surface area contributed by atoms with Crippen LogP contribution < -0.4 is 10.2 Å². The number of anilines is 1. The van der Waals surface area contributed by atoms with Crippen LogP contribution in [0.4, 0.5) is 5.95 Å². The maximum Gasteiger partial charge on any atom is 0.225 e. The lowest BCUT2D eigenvalue weighted by atomic mass is 10.2. The van der Waals surface area contributed by atoms with Gasteiger partial charge >= 0.3 is 0 Å². The Bertz CT molecular complexity index is 853. The number of aliphatic imine (C=N–C) groups is 1. The average molecular weight is 430 g/mol. The first-order valence-corrected chi connectivity index (χ1v) is 10.4. The van der Waals surface area contributed by atoms with Crippen molar-refractivity contribution in [1.82, 2.24) is 25.1 Å². The summed E-state index contributed by atoms with van der Waals surface area (Å²) in [6.45, 7) is 4.06. The van der Waals surface area contributed by atoms with Crippen molar-refractivity contribution >= 4 is 29.4 Å². The molecule has 0 radical (unpaired) electrons. The molecular formula is C21H28ClN7O. The van der Waals surface area contributed by atoms with Gasteiger partial charge in [-0.1, -0.05) is 23.7 Å². The molecule has 1 fully saturated rings. The number of nitrogens with zero attached hydrogens (tertiary/aromatic N) is 6. The third-order valence-corrected chi connectivity index (χ3v) is 5.21. The quantitative estimate of drug-likeness (QED) is 0.558. The zero-order valence-electron chi connectivity index (χ0n) is 17.5. The summed E-state index contributed by atoms with van der Waals surface area (Å²) in [5, 5.41) is 3.99. The highest BCUT2D eigenvalue weighted by atomic mass is 35.5. The van der Waals surface area contributed by atoms with Crippen LogP contribution in [0.15, 0.2) is 47.7 Å². The Morgan fingerprint density at radius 3 is 2.60 bits per heavy atom. The lowest BCUT2D eigenvalue weighted by Gasteiger charge is -2.34. The van der Waals surface area contributed by atoms with Crippen LogP contribution in [0.5, 0.6) is 0 Å². The van der Waals surface area contributed by atoms with Gasteiger partial charge in [-0.2, -0.15) is 0 Å². The number of rotatable bonds is 6. The minimum absolute atomic E-state index is 0.143. The second-order valence-electron chi connectivity index (χ2n) is 7.13. The van der Waals surface area contributed by atoms with Crippen LogP contribution in [0.1, 0.15) is 12.0 Å². The van der Waals surface area contributed by atoms with Gasteiger partial charge < -0.3 is 20.0 Å². The number of hydrogen-bond acceptors (Lipinski definition) is 5. The maximum atomic E-state index is 12.6. The first-order chi connectivity index (χ1) is 14.6. The summed E-state index contributed by atoms with van der Waals surface area (Å²) in [4.78, 5) is 31.5. The number of nitrogens with one attached hydrogen (secondary N) is 1. The molecule has 1 N–H and O–H groups in total. The normalized spacial score (nSPS) is 14.6. The van der Waals surface area contributed by atoms with Gasteiger partial charge in [0.15, 0.2) is 5.96 Å². The number of piperazine rings is 1. The van der Waals surface area contributed by atoms with Crippen molar-refractivity contribution in [3.05, 3.63) is 53.3 Å². The van der Waals surface area contributed by atoms with Crippen molar-refractivity contribution in [1.29, 1.82) is 0 Å². The van der Waals surface area contributed by atoms with Crippen LogP contribution in [0.25, 0.3) is 0 Å². The number of carbonyl (C=O) groups is 1. The van der Waals surface area contributed by atoms with Crippen LogP contribution in [0, 0.1) is 0 Å². The van der Waals surface area contributed by atoms with Crippen molar-refractivity contribution in [2.45, 2.75) is 13.0 Å². The molecule has 2 aromatic rings. The summed E-state index contributed by atoms with van der Waals surface area (Å²) in [6, 6.07) is 9.56. The van der Waals surface area contributed by atoms with Crippen molar-refractivity contribution in [3.63, 3.8) is 0 Å². The second kappa shape index (κ2) is 10.8. The van der Waals surface area contributed by atoms with E-state index in [1.54, 1.807) is 25.5 Å². The first kappa shape index (κ1) is 21.8. The molecule has 1 aliphatic heterocycles. The molecule has 0 saturated carbocycles. The van der Waals surface area contributed by atoms with Crippen LogP contribution in [0.3, 0.4) is 0 Å². The lowest BCUT2D eigenvalue weighted by Crippen LogP contribution is -2.50. The predicted molar refractivity (Wildman–Crippen MR) is 120 cm³/mol. The van der Waals surface area contributed by atoms with Crippen LogP contribution in [0.2, 0.25) is 5.02 Å². The average Bonchev–Trinajstić information content (AvgIpc) is 2.77.